The normalized spacial score (nSPS) is 19.1. The number of rotatable bonds is 1. The topological polar surface area (TPSA) is 12.5 Å². The third-order valence-corrected chi connectivity index (χ3v) is 12.3. The SMILES string of the molecule is Cc1ccc2c(c1)C1(CCCCC1)c1cc3c(cc1-2)N(c1ccccc1)c1cc2c(cc1O3)C1(CCCCC1)c1cc(C)ccc1-2. The number of aryl methyl sites for hydroxylation is 2. The van der Waals surface area contributed by atoms with E-state index in [1.165, 1.54) is 114 Å². The van der Waals surface area contributed by atoms with Gasteiger partial charge in [-0.3, -0.25) is 0 Å². The molecule has 2 heteroatoms. The summed E-state index contributed by atoms with van der Waals surface area (Å²) < 4.78 is 7.15. The first-order chi connectivity index (χ1) is 22.6. The Bertz CT molecular complexity index is 1930. The van der Waals surface area contributed by atoms with E-state index in [1.54, 1.807) is 11.1 Å². The number of fused-ring (bicyclic) bond motifs is 12. The zero-order chi connectivity index (χ0) is 30.6. The molecule has 0 aromatic heterocycles. The summed E-state index contributed by atoms with van der Waals surface area (Å²) in [7, 11) is 0. The van der Waals surface area contributed by atoms with E-state index in [-0.39, 0.29) is 10.8 Å². The summed E-state index contributed by atoms with van der Waals surface area (Å²) in [4.78, 5) is 2.48. The number of nitrogens with zero attached hydrogens (tertiary/aromatic N) is 1. The van der Waals surface area contributed by atoms with Crippen molar-refractivity contribution in [3.05, 3.63) is 124 Å². The Balaban J connectivity index is 1.22. The number of para-hydroxylation sites is 1. The average molecular weight is 600 g/mol. The van der Waals surface area contributed by atoms with Crippen molar-refractivity contribution in [3.8, 4) is 33.8 Å². The van der Waals surface area contributed by atoms with E-state index in [9.17, 15) is 0 Å². The van der Waals surface area contributed by atoms with Crippen molar-refractivity contribution in [2.45, 2.75) is 88.9 Å². The van der Waals surface area contributed by atoms with E-state index in [1.807, 2.05) is 0 Å². The Kier molecular flexibility index (Phi) is 5.61. The van der Waals surface area contributed by atoms with Gasteiger partial charge in [-0.25, -0.2) is 0 Å². The molecule has 0 unspecified atom stereocenters. The molecule has 5 aliphatic rings. The van der Waals surface area contributed by atoms with E-state index < -0.39 is 0 Å². The van der Waals surface area contributed by atoms with Gasteiger partial charge < -0.3 is 9.64 Å². The zero-order valence-corrected chi connectivity index (χ0v) is 27.1. The van der Waals surface area contributed by atoms with Gasteiger partial charge in [-0.05, 0) is 120 Å². The standard InChI is InChI=1S/C44H41NO/c1-28-14-16-31-33-24-39-41(26-37(33)43(35(31)22-28)18-8-4-9-19-43)46-42-27-38-34(25-40(42)45(39)30-12-6-3-7-13-30)32-17-15-29(2)23-36(32)44(38)20-10-5-11-21-44/h3,6-7,12-17,22-27H,4-5,8-11,18-21H2,1-2H3. The van der Waals surface area contributed by atoms with Crippen LogP contribution in [0.1, 0.15) is 97.6 Å². The van der Waals surface area contributed by atoms with Crippen molar-refractivity contribution in [2.24, 2.45) is 0 Å². The lowest BCUT2D eigenvalue weighted by Crippen LogP contribution is -2.29. The molecule has 46 heavy (non-hydrogen) atoms. The lowest BCUT2D eigenvalue weighted by Gasteiger charge is -2.39. The molecular formula is C44H41NO. The minimum Gasteiger partial charge on any atom is -0.453 e. The number of anilines is 3. The smallest absolute Gasteiger partial charge is 0.151 e. The van der Waals surface area contributed by atoms with Crippen LogP contribution in [0.2, 0.25) is 0 Å². The maximum atomic E-state index is 7.15. The van der Waals surface area contributed by atoms with Crippen LogP contribution in [-0.2, 0) is 10.8 Å². The van der Waals surface area contributed by atoms with E-state index in [4.69, 9.17) is 4.74 Å². The van der Waals surface area contributed by atoms with Crippen LogP contribution in [0.4, 0.5) is 17.1 Å². The maximum absolute atomic E-state index is 7.15. The van der Waals surface area contributed by atoms with Gasteiger partial charge in [0.05, 0.1) is 11.4 Å². The molecule has 10 rings (SSSR count). The van der Waals surface area contributed by atoms with Crippen molar-refractivity contribution in [3.63, 3.8) is 0 Å². The van der Waals surface area contributed by atoms with Crippen molar-refractivity contribution in [2.75, 3.05) is 4.90 Å². The molecule has 0 N–H and O–H groups in total. The summed E-state index contributed by atoms with van der Waals surface area (Å²) in [5.74, 6) is 1.99. The number of ether oxygens (including phenoxy) is 1. The van der Waals surface area contributed by atoms with Crippen LogP contribution in [0.5, 0.6) is 11.5 Å². The Hall–Kier alpha value is -4.30. The number of benzene rings is 5. The molecular weight excluding hydrogens is 558 g/mol. The minimum atomic E-state index is 0.0920. The van der Waals surface area contributed by atoms with Gasteiger partial charge >= 0.3 is 0 Å². The molecule has 4 aliphatic carbocycles. The highest BCUT2D eigenvalue weighted by Crippen LogP contribution is 2.63. The van der Waals surface area contributed by atoms with Crippen LogP contribution in [0, 0.1) is 13.8 Å². The molecule has 228 valence electrons. The lowest BCUT2D eigenvalue weighted by atomic mass is 9.67. The largest absolute Gasteiger partial charge is 0.453 e. The molecule has 2 nitrogen and oxygen atoms in total. The fraction of sp³-hybridized carbons (Fsp3) is 0.318. The molecule has 5 aromatic rings. The van der Waals surface area contributed by atoms with Crippen LogP contribution < -0.4 is 9.64 Å². The van der Waals surface area contributed by atoms with Gasteiger partial charge in [0.15, 0.2) is 11.5 Å². The maximum Gasteiger partial charge on any atom is 0.151 e. The van der Waals surface area contributed by atoms with Crippen molar-refractivity contribution in [1.82, 2.24) is 0 Å². The van der Waals surface area contributed by atoms with Gasteiger partial charge in [0.2, 0.25) is 0 Å². The predicted octanol–water partition coefficient (Wildman–Crippen LogP) is 12.3. The first-order valence-corrected chi connectivity index (χ1v) is 17.7. The van der Waals surface area contributed by atoms with Crippen LogP contribution in [0.3, 0.4) is 0 Å². The highest BCUT2D eigenvalue weighted by atomic mass is 16.5. The third-order valence-electron chi connectivity index (χ3n) is 12.3. The lowest BCUT2D eigenvalue weighted by molar-refractivity contribution is 0.350. The van der Waals surface area contributed by atoms with Crippen molar-refractivity contribution >= 4 is 17.1 Å². The first-order valence-electron chi connectivity index (χ1n) is 17.7. The predicted molar refractivity (Wildman–Crippen MR) is 189 cm³/mol. The van der Waals surface area contributed by atoms with Crippen LogP contribution in [-0.4, -0.2) is 0 Å². The first kappa shape index (κ1) is 26.9. The molecule has 2 saturated carbocycles. The molecule has 2 fully saturated rings. The Morgan fingerprint density at radius 1 is 0.478 bits per heavy atom. The van der Waals surface area contributed by atoms with Gasteiger partial charge in [-0.1, -0.05) is 104 Å². The fourth-order valence-corrected chi connectivity index (χ4v) is 10.2. The van der Waals surface area contributed by atoms with Crippen molar-refractivity contribution in [1.29, 1.82) is 0 Å². The van der Waals surface area contributed by atoms with Gasteiger partial charge in [0.1, 0.15) is 0 Å². The molecule has 0 saturated heterocycles. The summed E-state index contributed by atoms with van der Waals surface area (Å²) >= 11 is 0. The summed E-state index contributed by atoms with van der Waals surface area (Å²) in [6.07, 6.45) is 12.7. The minimum absolute atomic E-state index is 0.0920. The van der Waals surface area contributed by atoms with Crippen LogP contribution in [0.15, 0.2) is 91.0 Å². The highest BCUT2D eigenvalue weighted by molar-refractivity contribution is 5.95. The quantitative estimate of drug-likeness (QED) is 0.186. The number of hydrogen-bond acceptors (Lipinski definition) is 2. The summed E-state index contributed by atoms with van der Waals surface area (Å²) in [6, 6.07) is 35.1. The summed E-state index contributed by atoms with van der Waals surface area (Å²) in [6.45, 7) is 4.50. The molecule has 1 heterocycles. The third kappa shape index (κ3) is 3.53. The van der Waals surface area contributed by atoms with E-state index in [2.05, 4.69) is 110 Å². The molecule has 0 bridgehead atoms. The second-order valence-corrected chi connectivity index (χ2v) is 14.9. The Morgan fingerprint density at radius 2 is 0.935 bits per heavy atom. The van der Waals surface area contributed by atoms with E-state index in [0.717, 1.165) is 22.9 Å². The van der Waals surface area contributed by atoms with Gasteiger partial charge in [-0.15, -0.1) is 0 Å². The second kappa shape index (κ2) is 9.61. The molecule has 0 radical (unpaired) electrons. The molecule has 2 spiro atoms. The summed E-state index contributed by atoms with van der Waals surface area (Å²) in [5.41, 5.74) is 18.0. The monoisotopic (exact) mass is 599 g/mol. The van der Waals surface area contributed by atoms with E-state index in [0.29, 0.717) is 0 Å². The van der Waals surface area contributed by atoms with E-state index >= 15 is 0 Å². The average Bonchev–Trinajstić information content (AvgIpc) is 3.47. The Labute approximate surface area is 273 Å². The highest BCUT2D eigenvalue weighted by Gasteiger charge is 2.47. The van der Waals surface area contributed by atoms with Crippen molar-refractivity contribution < 1.29 is 4.74 Å². The Morgan fingerprint density at radius 3 is 1.41 bits per heavy atom. The van der Waals surface area contributed by atoms with Gasteiger partial charge in [0.25, 0.3) is 0 Å². The van der Waals surface area contributed by atoms with Gasteiger partial charge in [-0.2, -0.15) is 0 Å². The summed E-state index contributed by atoms with van der Waals surface area (Å²) in [5, 5.41) is 0. The second-order valence-electron chi connectivity index (χ2n) is 14.9. The molecule has 0 atom stereocenters. The van der Waals surface area contributed by atoms with Gasteiger partial charge in [0, 0.05) is 16.5 Å². The fourth-order valence-electron chi connectivity index (χ4n) is 10.2. The zero-order valence-electron chi connectivity index (χ0n) is 27.1. The molecule has 5 aromatic carbocycles. The molecule has 0 amide bonds. The van der Waals surface area contributed by atoms with Crippen LogP contribution in [0.25, 0.3) is 22.3 Å². The number of hydrogen-bond donors (Lipinski definition) is 0. The van der Waals surface area contributed by atoms with Crippen LogP contribution >= 0.6 is 0 Å². The molecule has 1 aliphatic heterocycles.